The number of aromatic carboxylic acids is 2. The monoisotopic (exact) mass is 363 g/mol. The maximum Gasteiger partial charge on any atom is 0.335 e. The topological polar surface area (TPSA) is 110 Å². The molecule has 3 aromatic rings. The Morgan fingerprint density at radius 2 is 1.48 bits per heavy atom. The lowest BCUT2D eigenvalue weighted by Gasteiger charge is -2.15. The fourth-order valence-corrected chi connectivity index (χ4v) is 2.79. The van der Waals surface area contributed by atoms with E-state index in [0.29, 0.717) is 28.3 Å². The molecule has 0 aromatic heterocycles. The first-order valence-electron chi connectivity index (χ1n) is 8.11. The van der Waals surface area contributed by atoms with E-state index in [4.69, 9.17) is 10.5 Å². The van der Waals surface area contributed by atoms with Crippen molar-refractivity contribution in [1.82, 2.24) is 0 Å². The SMILES string of the molecule is Cc1c(C(=O)O)cc(-c2cc(N)ccc2Oc2ccccc2)cc1C(=O)O. The Bertz CT molecular complexity index is 993. The van der Waals surface area contributed by atoms with E-state index in [0.717, 1.165) is 0 Å². The number of benzene rings is 3. The molecular formula is C21H17NO5. The molecule has 3 aromatic carbocycles. The molecule has 0 amide bonds. The summed E-state index contributed by atoms with van der Waals surface area (Å²) in [6.07, 6.45) is 0. The highest BCUT2D eigenvalue weighted by atomic mass is 16.5. The van der Waals surface area contributed by atoms with Crippen LogP contribution in [0, 0.1) is 6.92 Å². The van der Waals surface area contributed by atoms with Crippen LogP contribution in [0.3, 0.4) is 0 Å². The standard InChI is InChI=1S/C21H17NO5/c1-12-16(20(23)24)9-13(10-17(12)21(25)26)18-11-14(22)7-8-19(18)27-15-5-3-2-4-6-15/h2-11H,22H2,1H3,(H,23,24)(H,25,26). The lowest BCUT2D eigenvalue weighted by molar-refractivity contribution is 0.0696. The van der Waals surface area contributed by atoms with Crippen LogP contribution in [0.25, 0.3) is 11.1 Å². The van der Waals surface area contributed by atoms with Crippen molar-refractivity contribution in [3.05, 3.63) is 77.4 Å². The van der Waals surface area contributed by atoms with Crippen molar-refractivity contribution in [3.63, 3.8) is 0 Å². The van der Waals surface area contributed by atoms with Crippen LogP contribution < -0.4 is 10.5 Å². The molecule has 0 unspecified atom stereocenters. The number of carbonyl (C=O) groups is 2. The summed E-state index contributed by atoms with van der Waals surface area (Å²) in [4.78, 5) is 23.1. The second-order valence-electron chi connectivity index (χ2n) is 5.98. The number of hydrogen-bond acceptors (Lipinski definition) is 4. The fraction of sp³-hybridized carbons (Fsp3) is 0.0476. The van der Waals surface area contributed by atoms with Gasteiger partial charge in [-0.3, -0.25) is 0 Å². The van der Waals surface area contributed by atoms with Crippen molar-refractivity contribution in [1.29, 1.82) is 0 Å². The van der Waals surface area contributed by atoms with Crippen LogP contribution in [0.1, 0.15) is 26.3 Å². The molecule has 6 nitrogen and oxygen atoms in total. The van der Waals surface area contributed by atoms with Crippen LogP contribution in [0.4, 0.5) is 5.69 Å². The van der Waals surface area contributed by atoms with Crippen molar-refractivity contribution >= 4 is 17.6 Å². The summed E-state index contributed by atoms with van der Waals surface area (Å²) in [7, 11) is 0. The van der Waals surface area contributed by atoms with Crippen molar-refractivity contribution in [2.24, 2.45) is 0 Å². The van der Waals surface area contributed by atoms with Crippen LogP contribution in [0.15, 0.2) is 60.7 Å². The number of anilines is 1. The Morgan fingerprint density at radius 1 is 0.889 bits per heavy atom. The van der Waals surface area contributed by atoms with E-state index >= 15 is 0 Å². The Morgan fingerprint density at radius 3 is 2.04 bits per heavy atom. The molecular weight excluding hydrogens is 346 g/mol. The van der Waals surface area contributed by atoms with E-state index < -0.39 is 11.9 Å². The average Bonchev–Trinajstić information content (AvgIpc) is 2.64. The Hall–Kier alpha value is -3.80. The summed E-state index contributed by atoms with van der Waals surface area (Å²) < 4.78 is 5.90. The van der Waals surface area contributed by atoms with Crippen LogP contribution in [-0.4, -0.2) is 22.2 Å². The van der Waals surface area contributed by atoms with Gasteiger partial charge >= 0.3 is 11.9 Å². The van der Waals surface area contributed by atoms with Gasteiger partial charge in [0, 0.05) is 11.3 Å². The van der Waals surface area contributed by atoms with Gasteiger partial charge in [0.05, 0.1) is 11.1 Å². The molecule has 6 heteroatoms. The van der Waals surface area contributed by atoms with Gasteiger partial charge in [0.25, 0.3) is 0 Å². The summed E-state index contributed by atoms with van der Waals surface area (Å²) in [5, 5.41) is 18.9. The van der Waals surface area contributed by atoms with Gasteiger partial charge in [-0.1, -0.05) is 18.2 Å². The van der Waals surface area contributed by atoms with Crippen LogP contribution in [0.5, 0.6) is 11.5 Å². The predicted molar refractivity (Wildman–Crippen MR) is 101 cm³/mol. The first-order chi connectivity index (χ1) is 12.9. The largest absolute Gasteiger partial charge is 0.478 e. The predicted octanol–water partition coefficient (Wildman–Crippen LogP) is 4.43. The average molecular weight is 363 g/mol. The molecule has 3 rings (SSSR count). The summed E-state index contributed by atoms with van der Waals surface area (Å²) in [6.45, 7) is 1.47. The van der Waals surface area contributed by atoms with Crippen molar-refractivity contribution in [2.45, 2.75) is 6.92 Å². The van der Waals surface area contributed by atoms with Crippen LogP contribution in [-0.2, 0) is 0 Å². The Balaban J connectivity index is 2.20. The number of nitrogens with two attached hydrogens (primary N) is 1. The number of carboxylic acid groups (broad SMARTS) is 2. The number of ether oxygens (including phenoxy) is 1. The molecule has 0 spiro atoms. The van der Waals surface area contributed by atoms with E-state index in [2.05, 4.69) is 0 Å². The minimum absolute atomic E-state index is 0.0852. The third kappa shape index (κ3) is 3.74. The van der Waals surface area contributed by atoms with Crippen LogP contribution in [0.2, 0.25) is 0 Å². The first-order valence-corrected chi connectivity index (χ1v) is 8.11. The highest BCUT2D eigenvalue weighted by molar-refractivity contribution is 5.99. The van der Waals surface area contributed by atoms with Crippen molar-refractivity contribution in [3.8, 4) is 22.6 Å². The van der Waals surface area contributed by atoms with Gasteiger partial charge in [-0.2, -0.15) is 0 Å². The van der Waals surface area contributed by atoms with E-state index in [9.17, 15) is 19.8 Å². The quantitative estimate of drug-likeness (QED) is 0.578. The molecule has 27 heavy (non-hydrogen) atoms. The van der Waals surface area contributed by atoms with E-state index in [1.165, 1.54) is 19.1 Å². The molecule has 0 saturated heterocycles. The molecule has 0 bridgehead atoms. The minimum atomic E-state index is -1.20. The van der Waals surface area contributed by atoms with E-state index in [-0.39, 0.29) is 16.7 Å². The van der Waals surface area contributed by atoms with E-state index in [1.54, 1.807) is 30.3 Å². The summed E-state index contributed by atoms with van der Waals surface area (Å²) >= 11 is 0. The maximum absolute atomic E-state index is 11.6. The lowest BCUT2D eigenvalue weighted by atomic mass is 9.94. The second-order valence-corrected chi connectivity index (χ2v) is 5.98. The fourth-order valence-electron chi connectivity index (χ4n) is 2.79. The number of hydrogen-bond donors (Lipinski definition) is 3. The molecule has 0 aliphatic carbocycles. The van der Waals surface area contributed by atoms with Crippen molar-refractivity contribution < 1.29 is 24.5 Å². The number of nitrogen functional groups attached to an aromatic ring is 1. The third-order valence-electron chi connectivity index (χ3n) is 4.15. The number of para-hydroxylation sites is 1. The molecule has 0 fully saturated rings. The molecule has 0 radical (unpaired) electrons. The highest BCUT2D eigenvalue weighted by Gasteiger charge is 2.19. The van der Waals surface area contributed by atoms with Gasteiger partial charge in [0.15, 0.2) is 0 Å². The summed E-state index contributed by atoms with van der Waals surface area (Å²) in [5.74, 6) is -1.38. The molecule has 0 aliphatic heterocycles. The first kappa shape index (κ1) is 18.0. The maximum atomic E-state index is 11.6. The van der Waals surface area contributed by atoms with Crippen molar-refractivity contribution in [2.75, 3.05) is 5.73 Å². The third-order valence-corrected chi connectivity index (χ3v) is 4.15. The van der Waals surface area contributed by atoms with Gasteiger partial charge < -0.3 is 20.7 Å². The minimum Gasteiger partial charge on any atom is -0.478 e. The Labute approximate surface area is 155 Å². The van der Waals surface area contributed by atoms with Gasteiger partial charge in [0.2, 0.25) is 0 Å². The zero-order valence-electron chi connectivity index (χ0n) is 14.5. The highest BCUT2D eigenvalue weighted by Crippen LogP contribution is 2.36. The number of carboxylic acids is 2. The van der Waals surface area contributed by atoms with E-state index in [1.807, 2.05) is 18.2 Å². The molecule has 0 saturated carbocycles. The molecule has 0 aliphatic rings. The zero-order valence-corrected chi connectivity index (χ0v) is 14.5. The second kappa shape index (κ2) is 7.21. The summed E-state index contributed by atoms with van der Waals surface area (Å²) in [5.41, 5.74) is 7.26. The van der Waals surface area contributed by atoms with Gasteiger partial charge in [-0.15, -0.1) is 0 Å². The summed E-state index contributed by atoms with van der Waals surface area (Å²) in [6, 6.07) is 16.9. The normalized spacial score (nSPS) is 10.4. The number of rotatable bonds is 5. The molecule has 136 valence electrons. The van der Waals surface area contributed by atoms with Gasteiger partial charge in [0.1, 0.15) is 11.5 Å². The molecule has 4 N–H and O–H groups in total. The smallest absolute Gasteiger partial charge is 0.335 e. The van der Waals surface area contributed by atoms with Gasteiger partial charge in [-0.05, 0) is 60.5 Å². The lowest BCUT2D eigenvalue weighted by Crippen LogP contribution is -2.08. The zero-order chi connectivity index (χ0) is 19.6. The molecule has 0 heterocycles. The van der Waals surface area contributed by atoms with Crippen LogP contribution >= 0.6 is 0 Å². The Kier molecular flexibility index (Phi) is 4.81. The molecule has 0 atom stereocenters. The van der Waals surface area contributed by atoms with Gasteiger partial charge in [-0.25, -0.2) is 9.59 Å².